The lowest BCUT2D eigenvalue weighted by Gasteiger charge is -2.30. The summed E-state index contributed by atoms with van der Waals surface area (Å²) in [4.78, 5) is 0. The predicted molar refractivity (Wildman–Crippen MR) is 105 cm³/mol. The molecule has 3 aromatic rings. The Labute approximate surface area is 162 Å². The Hall–Kier alpha value is -1.90. The highest BCUT2D eigenvalue weighted by Crippen LogP contribution is 2.25. The lowest BCUT2D eigenvalue weighted by atomic mass is 9.99. The van der Waals surface area contributed by atoms with Crippen molar-refractivity contribution >= 4 is 16.8 Å². The van der Waals surface area contributed by atoms with Crippen LogP contribution in [0.25, 0.3) is 16.8 Å². The number of rotatable bonds is 5. The lowest BCUT2D eigenvalue weighted by molar-refractivity contribution is -0.897. The van der Waals surface area contributed by atoms with Crippen molar-refractivity contribution in [2.24, 2.45) is 0 Å². The molecule has 0 spiro atoms. The molecule has 0 heterocycles. The van der Waals surface area contributed by atoms with E-state index in [2.05, 4.69) is 99.9 Å². The molecule has 0 N–H and O–H groups in total. The van der Waals surface area contributed by atoms with Gasteiger partial charge in [0.2, 0.25) is 0 Å². The third kappa shape index (κ3) is 5.04. The zero-order valence-corrected chi connectivity index (χ0v) is 16.8. The second-order valence-electron chi connectivity index (χ2n) is 7.17. The first-order chi connectivity index (χ1) is 11.6. The Balaban J connectivity index is 0.00000225. The summed E-state index contributed by atoms with van der Waals surface area (Å²) in [5.41, 5.74) is 4.11. The number of benzene rings is 3. The van der Waals surface area contributed by atoms with Gasteiger partial charge in [0.1, 0.15) is 6.54 Å². The van der Waals surface area contributed by atoms with Crippen molar-refractivity contribution in [3.05, 3.63) is 89.5 Å². The lowest BCUT2D eigenvalue weighted by Crippen LogP contribution is -3.00. The smallest absolute Gasteiger partial charge is 0.105 e. The highest BCUT2D eigenvalue weighted by molar-refractivity contribution is 5.86. The molecule has 130 valence electrons. The Morgan fingerprint density at radius 1 is 0.840 bits per heavy atom. The van der Waals surface area contributed by atoms with Gasteiger partial charge >= 0.3 is 0 Å². The molecule has 0 aromatic heterocycles. The van der Waals surface area contributed by atoms with Gasteiger partial charge in [-0.1, -0.05) is 72.8 Å². The molecule has 0 saturated carbocycles. The summed E-state index contributed by atoms with van der Waals surface area (Å²) in [5.74, 6) is 0. The highest BCUT2D eigenvalue weighted by atomic mass is 79.9. The minimum absolute atomic E-state index is 0. The number of aryl methyl sites for hydroxylation is 1. The van der Waals surface area contributed by atoms with Gasteiger partial charge in [0.25, 0.3) is 0 Å². The van der Waals surface area contributed by atoms with Crippen molar-refractivity contribution in [2.75, 3.05) is 20.6 Å². The van der Waals surface area contributed by atoms with Crippen LogP contribution in [0.15, 0.2) is 72.8 Å². The third-order valence-corrected chi connectivity index (χ3v) is 4.57. The molecule has 0 saturated heterocycles. The van der Waals surface area contributed by atoms with E-state index in [1.54, 1.807) is 0 Å². The maximum atomic E-state index is 2.30. The molecular weight excluding hydrogens is 370 g/mol. The van der Waals surface area contributed by atoms with Gasteiger partial charge in [-0.25, -0.2) is 0 Å². The third-order valence-electron chi connectivity index (χ3n) is 4.57. The Morgan fingerprint density at radius 3 is 2.28 bits per heavy atom. The van der Waals surface area contributed by atoms with Crippen molar-refractivity contribution in [3.8, 4) is 0 Å². The molecule has 1 nitrogen and oxygen atoms in total. The summed E-state index contributed by atoms with van der Waals surface area (Å²) >= 11 is 0. The quantitative estimate of drug-likeness (QED) is 0.582. The molecule has 0 amide bonds. The number of halogens is 1. The number of nitrogens with zero attached hydrogens (tertiary/aromatic N) is 1. The van der Waals surface area contributed by atoms with Crippen LogP contribution in [-0.4, -0.2) is 25.1 Å². The van der Waals surface area contributed by atoms with Crippen LogP contribution in [0.5, 0.6) is 0 Å². The van der Waals surface area contributed by atoms with Crippen molar-refractivity contribution in [3.63, 3.8) is 0 Å². The van der Waals surface area contributed by atoms with E-state index in [0.717, 1.165) is 17.6 Å². The molecular formula is C23H26BrN. The van der Waals surface area contributed by atoms with Crippen LogP contribution in [0.4, 0.5) is 0 Å². The van der Waals surface area contributed by atoms with E-state index in [1.165, 1.54) is 27.5 Å². The van der Waals surface area contributed by atoms with Crippen LogP contribution in [0.1, 0.15) is 16.7 Å². The standard InChI is InChI=1S/C23H26N.BrH/c1-19-15-16-21-13-7-8-14-22(21)23(19)18-24(2,3)17-9-12-20-10-5-4-6-11-20;/h4-16H,17-18H2,1-3H3;1H/q+1;/p-1/b12-9-;. The van der Waals surface area contributed by atoms with Gasteiger partial charge in [-0.05, 0) is 34.9 Å². The second kappa shape index (κ2) is 8.46. The maximum absolute atomic E-state index is 2.30. The average molecular weight is 396 g/mol. The number of hydrogen-bond donors (Lipinski definition) is 0. The summed E-state index contributed by atoms with van der Waals surface area (Å²) in [6.45, 7) is 4.27. The van der Waals surface area contributed by atoms with E-state index < -0.39 is 0 Å². The molecule has 0 atom stereocenters. The second-order valence-corrected chi connectivity index (χ2v) is 7.17. The zero-order valence-electron chi connectivity index (χ0n) is 15.2. The highest BCUT2D eigenvalue weighted by Gasteiger charge is 2.17. The summed E-state index contributed by atoms with van der Waals surface area (Å²) < 4.78 is 0.943. The van der Waals surface area contributed by atoms with Crippen LogP contribution in [0, 0.1) is 6.92 Å². The molecule has 3 aromatic carbocycles. The minimum atomic E-state index is 0. The number of likely N-dealkylation sites (N-methyl/N-ethyl adjacent to an activating group) is 1. The summed E-state index contributed by atoms with van der Waals surface area (Å²) in [6, 6.07) is 23.7. The molecule has 0 radical (unpaired) electrons. The van der Waals surface area contributed by atoms with E-state index in [9.17, 15) is 0 Å². The average Bonchev–Trinajstić information content (AvgIpc) is 2.58. The summed E-state index contributed by atoms with van der Waals surface area (Å²) in [6.07, 6.45) is 4.51. The van der Waals surface area contributed by atoms with Gasteiger partial charge < -0.3 is 21.5 Å². The van der Waals surface area contributed by atoms with Crippen LogP contribution in [0.3, 0.4) is 0 Å². The summed E-state index contributed by atoms with van der Waals surface area (Å²) in [7, 11) is 4.60. The fourth-order valence-corrected chi connectivity index (χ4v) is 3.19. The predicted octanol–water partition coefficient (Wildman–Crippen LogP) is 2.44. The van der Waals surface area contributed by atoms with E-state index in [1.807, 2.05) is 0 Å². The fourth-order valence-electron chi connectivity index (χ4n) is 3.19. The fraction of sp³-hybridized carbons (Fsp3) is 0.217. The topological polar surface area (TPSA) is 0 Å². The first-order valence-electron chi connectivity index (χ1n) is 8.56. The van der Waals surface area contributed by atoms with E-state index in [4.69, 9.17) is 0 Å². The Bertz CT molecular complexity index is 850. The molecule has 25 heavy (non-hydrogen) atoms. The summed E-state index contributed by atoms with van der Waals surface area (Å²) in [5, 5.41) is 2.72. The Morgan fingerprint density at radius 2 is 1.52 bits per heavy atom. The van der Waals surface area contributed by atoms with Crippen LogP contribution in [0.2, 0.25) is 0 Å². The molecule has 2 heteroatoms. The van der Waals surface area contributed by atoms with Gasteiger partial charge in [-0.3, -0.25) is 0 Å². The monoisotopic (exact) mass is 395 g/mol. The van der Waals surface area contributed by atoms with Gasteiger partial charge in [0.05, 0.1) is 20.6 Å². The van der Waals surface area contributed by atoms with Gasteiger partial charge in [-0.2, -0.15) is 0 Å². The minimum Gasteiger partial charge on any atom is -1.00 e. The molecule has 0 unspecified atom stereocenters. The first-order valence-corrected chi connectivity index (χ1v) is 8.56. The van der Waals surface area contributed by atoms with Crippen LogP contribution < -0.4 is 17.0 Å². The van der Waals surface area contributed by atoms with E-state index in [-0.39, 0.29) is 17.0 Å². The van der Waals surface area contributed by atoms with E-state index >= 15 is 0 Å². The van der Waals surface area contributed by atoms with Gasteiger partial charge in [0.15, 0.2) is 0 Å². The molecule has 0 aliphatic rings. The normalized spacial score (nSPS) is 11.6. The first kappa shape index (κ1) is 19.4. The maximum Gasteiger partial charge on any atom is 0.105 e. The molecule has 3 rings (SSSR count). The van der Waals surface area contributed by atoms with Crippen molar-refractivity contribution in [2.45, 2.75) is 13.5 Å². The zero-order chi connectivity index (χ0) is 17.0. The molecule has 0 bridgehead atoms. The molecule has 0 aliphatic heterocycles. The number of hydrogen-bond acceptors (Lipinski definition) is 0. The molecule has 0 aliphatic carbocycles. The van der Waals surface area contributed by atoms with Gasteiger partial charge in [0, 0.05) is 5.56 Å². The number of quaternary nitrogens is 1. The SMILES string of the molecule is Cc1ccc2ccccc2c1C[N+](C)(C)C/C=C\c1ccccc1.[Br-]. The Kier molecular flexibility index (Phi) is 6.57. The largest absolute Gasteiger partial charge is 1.00 e. The van der Waals surface area contributed by atoms with Crippen LogP contribution in [-0.2, 0) is 6.54 Å². The number of fused-ring (bicyclic) bond motifs is 1. The van der Waals surface area contributed by atoms with Crippen molar-refractivity contribution in [1.29, 1.82) is 0 Å². The van der Waals surface area contributed by atoms with E-state index in [0.29, 0.717) is 0 Å². The molecule has 0 fully saturated rings. The van der Waals surface area contributed by atoms with Crippen LogP contribution >= 0.6 is 0 Å². The van der Waals surface area contributed by atoms with Crippen molar-refractivity contribution < 1.29 is 21.5 Å². The van der Waals surface area contributed by atoms with Gasteiger partial charge in [-0.15, -0.1) is 0 Å². The van der Waals surface area contributed by atoms with Crippen molar-refractivity contribution in [1.82, 2.24) is 0 Å².